The van der Waals surface area contributed by atoms with Crippen LogP contribution in [0, 0.1) is 6.92 Å². The molecular weight excluding hydrogens is 358 g/mol. The number of nitrogens with one attached hydrogen (secondary N) is 1. The Labute approximate surface area is 162 Å². The second kappa shape index (κ2) is 8.60. The van der Waals surface area contributed by atoms with Crippen LogP contribution in [0.3, 0.4) is 0 Å². The summed E-state index contributed by atoms with van der Waals surface area (Å²) in [4.78, 5) is 31.0. The summed E-state index contributed by atoms with van der Waals surface area (Å²) in [5.74, 6) is -0.330. The Morgan fingerprint density at radius 3 is 2.59 bits per heavy atom. The summed E-state index contributed by atoms with van der Waals surface area (Å²) in [6.07, 6.45) is 0.272. The molecule has 3 aromatic rings. The lowest BCUT2D eigenvalue weighted by Crippen LogP contribution is -2.31. The van der Waals surface area contributed by atoms with Crippen LogP contribution in [0.1, 0.15) is 28.5 Å². The third-order valence-corrected chi connectivity index (χ3v) is 4.81. The highest BCUT2D eigenvalue weighted by Gasteiger charge is 2.19. The van der Waals surface area contributed by atoms with E-state index in [0.717, 1.165) is 16.8 Å². The van der Waals surface area contributed by atoms with Gasteiger partial charge in [0.05, 0.1) is 6.42 Å². The molecule has 3 rings (SSSR count). The Hall–Kier alpha value is -2.99. The van der Waals surface area contributed by atoms with Gasteiger partial charge in [0.2, 0.25) is 5.91 Å². The van der Waals surface area contributed by atoms with E-state index in [1.807, 2.05) is 68.4 Å². The Bertz CT molecular complexity index is 937. The molecule has 2 aromatic carbocycles. The first-order chi connectivity index (χ1) is 13.1. The highest BCUT2D eigenvalue weighted by atomic mass is 32.1. The molecule has 0 aliphatic heterocycles. The van der Waals surface area contributed by atoms with E-state index in [1.54, 1.807) is 10.3 Å². The van der Waals surface area contributed by atoms with Crippen molar-refractivity contribution in [3.63, 3.8) is 0 Å². The predicted molar refractivity (Wildman–Crippen MR) is 109 cm³/mol. The highest BCUT2D eigenvalue weighted by molar-refractivity contribution is 7.14. The summed E-state index contributed by atoms with van der Waals surface area (Å²) >= 11 is 1.25. The molecule has 1 heterocycles. The second-order valence-corrected chi connectivity index (χ2v) is 6.99. The van der Waals surface area contributed by atoms with E-state index in [4.69, 9.17) is 0 Å². The Morgan fingerprint density at radius 2 is 1.89 bits per heavy atom. The minimum Gasteiger partial charge on any atom is -0.307 e. The van der Waals surface area contributed by atoms with Gasteiger partial charge in [0.25, 0.3) is 5.91 Å². The van der Waals surface area contributed by atoms with Crippen LogP contribution in [0.2, 0.25) is 0 Å². The van der Waals surface area contributed by atoms with E-state index in [9.17, 15) is 9.59 Å². The molecule has 0 aliphatic carbocycles. The third kappa shape index (κ3) is 4.80. The first-order valence-corrected chi connectivity index (χ1v) is 9.62. The molecule has 0 atom stereocenters. The third-order valence-electron chi connectivity index (χ3n) is 4.05. The highest BCUT2D eigenvalue weighted by Crippen LogP contribution is 2.21. The van der Waals surface area contributed by atoms with Gasteiger partial charge >= 0.3 is 0 Å². The quantitative estimate of drug-likeness (QED) is 0.695. The second-order valence-electron chi connectivity index (χ2n) is 6.14. The minimum atomic E-state index is -0.178. The van der Waals surface area contributed by atoms with Crippen LogP contribution < -0.4 is 10.2 Å². The zero-order chi connectivity index (χ0) is 19.2. The normalized spacial score (nSPS) is 10.4. The number of carbonyl (C=O) groups excluding carboxylic acids is 2. The molecule has 27 heavy (non-hydrogen) atoms. The van der Waals surface area contributed by atoms with Crippen molar-refractivity contribution < 1.29 is 9.59 Å². The minimum absolute atomic E-state index is 0.152. The van der Waals surface area contributed by atoms with Crippen molar-refractivity contribution in [1.82, 2.24) is 4.98 Å². The monoisotopic (exact) mass is 379 g/mol. The number of hydrogen-bond donors (Lipinski definition) is 1. The fraction of sp³-hybridized carbons (Fsp3) is 0.190. The molecule has 0 saturated carbocycles. The van der Waals surface area contributed by atoms with Gasteiger partial charge in [-0.25, -0.2) is 4.98 Å². The summed E-state index contributed by atoms with van der Waals surface area (Å²) < 4.78 is 0. The van der Waals surface area contributed by atoms with Crippen LogP contribution in [-0.4, -0.2) is 23.3 Å². The first-order valence-electron chi connectivity index (χ1n) is 8.74. The number of rotatable bonds is 6. The standard InChI is InChI=1S/C21H21N3O2S/c1-3-24(17-11-7-8-15(2)12-17)20(26)18-14-27-21(22-18)23-19(25)13-16-9-5-4-6-10-16/h4-12,14H,3,13H2,1-2H3,(H,22,23,25). The van der Waals surface area contributed by atoms with Crippen molar-refractivity contribution in [3.05, 3.63) is 76.8 Å². The van der Waals surface area contributed by atoms with Crippen molar-refractivity contribution in [2.45, 2.75) is 20.3 Å². The van der Waals surface area contributed by atoms with E-state index in [0.29, 0.717) is 17.4 Å². The van der Waals surface area contributed by atoms with Gasteiger partial charge in [0, 0.05) is 17.6 Å². The summed E-state index contributed by atoms with van der Waals surface area (Å²) in [7, 11) is 0. The topological polar surface area (TPSA) is 62.3 Å². The van der Waals surface area contributed by atoms with Crippen LogP contribution in [0.5, 0.6) is 0 Å². The van der Waals surface area contributed by atoms with Crippen LogP contribution in [0.4, 0.5) is 10.8 Å². The predicted octanol–water partition coefficient (Wildman–Crippen LogP) is 4.30. The molecule has 138 valence electrons. The Morgan fingerprint density at radius 1 is 1.11 bits per heavy atom. The maximum Gasteiger partial charge on any atom is 0.277 e. The number of aryl methyl sites for hydroxylation is 1. The maximum atomic E-state index is 12.8. The van der Waals surface area contributed by atoms with E-state index in [2.05, 4.69) is 10.3 Å². The van der Waals surface area contributed by atoms with Crippen molar-refractivity contribution in [2.24, 2.45) is 0 Å². The van der Waals surface area contributed by atoms with Gasteiger partial charge in [-0.15, -0.1) is 11.3 Å². The van der Waals surface area contributed by atoms with Crippen LogP contribution in [0.25, 0.3) is 0 Å². The fourth-order valence-electron chi connectivity index (χ4n) is 2.75. The maximum absolute atomic E-state index is 12.8. The summed E-state index contributed by atoms with van der Waals surface area (Å²) in [6, 6.07) is 17.3. The van der Waals surface area contributed by atoms with Crippen molar-refractivity contribution in [2.75, 3.05) is 16.8 Å². The molecule has 0 radical (unpaired) electrons. The van der Waals surface area contributed by atoms with Crippen molar-refractivity contribution in [1.29, 1.82) is 0 Å². The largest absolute Gasteiger partial charge is 0.307 e. The molecule has 6 heteroatoms. The van der Waals surface area contributed by atoms with E-state index in [-0.39, 0.29) is 18.2 Å². The number of thiazole rings is 1. The fourth-order valence-corrected chi connectivity index (χ4v) is 3.45. The van der Waals surface area contributed by atoms with Gasteiger partial charge in [0.1, 0.15) is 5.69 Å². The number of hydrogen-bond acceptors (Lipinski definition) is 4. The molecule has 5 nitrogen and oxygen atoms in total. The first kappa shape index (κ1) is 18.8. The van der Waals surface area contributed by atoms with Crippen molar-refractivity contribution >= 4 is 34.0 Å². The number of aromatic nitrogens is 1. The van der Waals surface area contributed by atoms with E-state index in [1.165, 1.54) is 11.3 Å². The molecular formula is C21H21N3O2S. The average Bonchev–Trinajstić information content (AvgIpc) is 3.11. The van der Waals surface area contributed by atoms with Gasteiger partial charge in [-0.2, -0.15) is 0 Å². The molecule has 0 spiro atoms. The Balaban J connectivity index is 1.68. The van der Waals surface area contributed by atoms with E-state index < -0.39 is 0 Å². The number of benzene rings is 2. The molecule has 0 bridgehead atoms. The number of amides is 2. The lowest BCUT2D eigenvalue weighted by atomic mass is 10.1. The number of nitrogens with zero attached hydrogens (tertiary/aromatic N) is 2. The summed E-state index contributed by atoms with van der Waals surface area (Å²) in [6.45, 7) is 4.45. The molecule has 0 unspecified atom stereocenters. The van der Waals surface area contributed by atoms with E-state index >= 15 is 0 Å². The average molecular weight is 379 g/mol. The van der Waals surface area contributed by atoms with Gasteiger partial charge < -0.3 is 10.2 Å². The molecule has 1 N–H and O–H groups in total. The molecule has 0 fully saturated rings. The number of carbonyl (C=O) groups is 2. The lowest BCUT2D eigenvalue weighted by Gasteiger charge is -2.20. The smallest absolute Gasteiger partial charge is 0.277 e. The van der Waals surface area contributed by atoms with Crippen LogP contribution in [-0.2, 0) is 11.2 Å². The summed E-state index contributed by atoms with van der Waals surface area (Å²) in [5, 5.41) is 4.88. The van der Waals surface area contributed by atoms with Gasteiger partial charge in [0.15, 0.2) is 5.13 Å². The van der Waals surface area contributed by atoms with Crippen LogP contribution >= 0.6 is 11.3 Å². The van der Waals surface area contributed by atoms with Crippen LogP contribution in [0.15, 0.2) is 60.0 Å². The van der Waals surface area contributed by atoms with Gasteiger partial charge in [-0.3, -0.25) is 9.59 Å². The van der Waals surface area contributed by atoms with Gasteiger partial charge in [-0.1, -0.05) is 42.5 Å². The molecule has 1 aromatic heterocycles. The Kier molecular flexibility index (Phi) is 5.98. The zero-order valence-electron chi connectivity index (χ0n) is 15.3. The number of anilines is 2. The zero-order valence-corrected chi connectivity index (χ0v) is 16.1. The lowest BCUT2D eigenvalue weighted by molar-refractivity contribution is -0.115. The van der Waals surface area contributed by atoms with Gasteiger partial charge in [-0.05, 0) is 37.1 Å². The molecule has 0 saturated heterocycles. The summed E-state index contributed by atoms with van der Waals surface area (Å²) in [5.41, 5.74) is 3.19. The molecule has 2 amide bonds. The van der Waals surface area contributed by atoms with Crippen molar-refractivity contribution in [3.8, 4) is 0 Å². The molecule has 0 aliphatic rings. The SMILES string of the molecule is CCN(C(=O)c1csc(NC(=O)Cc2ccccc2)n1)c1cccc(C)c1.